The molecule has 38 heavy (non-hydrogen) atoms. The number of hydrogen-bond donors (Lipinski definition) is 3. The van der Waals surface area contributed by atoms with E-state index in [0.29, 0.717) is 38.7 Å². The fraction of sp³-hybridized carbons (Fsp3) is 0.111. The van der Waals surface area contributed by atoms with Gasteiger partial charge in [0.15, 0.2) is 5.11 Å². The Balaban J connectivity index is 1.62. The lowest BCUT2D eigenvalue weighted by molar-refractivity contribution is 0.0696. The summed E-state index contributed by atoms with van der Waals surface area (Å²) in [5, 5.41) is 23.1. The third kappa shape index (κ3) is 4.67. The minimum atomic E-state index is -1.25. The second-order valence-corrected chi connectivity index (χ2v) is 9.22. The Bertz CT molecular complexity index is 1530. The van der Waals surface area contributed by atoms with Crippen molar-refractivity contribution in [3.05, 3.63) is 101 Å². The van der Waals surface area contributed by atoms with Crippen molar-refractivity contribution in [1.82, 2.24) is 10.3 Å². The molecule has 1 aliphatic heterocycles. The number of halogens is 1. The molecule has 1 aliphatic rings. The number of anilines is 1. The van der Waals surface area contributed by atoms with Gasteiger partial charge in [-0.15, -0.1) is 0 Å². The van der Waals surface area contributed by atoms with Crippen molar-refractivity contribution < 1.29 is 29.0 Å². The van der Waals surface area contributed by atoms with Crippen LogP contribution in [0.5, 0.6) is 5.75 Å². The van der Waals surface area contributed by atoms with Crippen molar-refractivity contribution in [3.8, 4) is 17.1 Å². The zero-order valence-corrected chi connectivity index (χ0v) is 21.4. The van der Waals surface area contributed by atoms with Crippen molar-refractivity contribution in [2.75, 3.05) is 12.0 Å². The minimum Gasteiger partial charge on any atom is -0.495 e. The van der Waals surface area contributed by atoms with E-state index in [1.807, 2.05) is 29.2 Å². The third-order valence-corrected chi connectivity index (χ3v) is 6.75. The molecule has 2 aromatic carbocycles. The van der Waals surface area contributed by atoms with E-state index in [4.69, 9.17) is 33.0 Å². The molecule has 5 rings (SSSR count). The summed E-state index contributed by atoms with van der Waals surface area (Å²) in [6, 6.07) is 17.2. The molecule has 2 atom stereocenters. The van der Waals surface area contributed by atoms with Crippen molar-refractivity contribution in [3.63, 3.8) is 0 Å². The van der Waals surface area contributed by atoms with E-state index in [0.717, 1.165) is 11.8 Å². The van der Waals surface area contributed by atoms with Gasteiger partial charge in [0.1, 0.15) is 23.3 Å². The first kappa shape index (κ1) is 25.2. The predicted molar refractivity (Wildman–Crippen MR) is 144 cm³/mol. The molecule has 0 aliphatic carbocycles. The van der Waals surface area contributed by atoms with Gasteiger partial charge in [0.25, 0.3) is 0 Å². The van der Waals surface area contributed by atoms with Gasteiger partial charge >= 0.3 is 11.9 Å². The Hall–Kier alpha value is -4.41. The zero-order chi connectivity index (χ0) is 27.0. The maximum absolute atomic E-state index is 11.6. The number of rotatable bonds is 7. The van der Waals surface area contributed by atoms with Gasteiger partial charge in [0.05, 0.1) is 35.0 Å². The molecule has 0 bridgehead atoms. The average Bonchev–Trinajstić information content (AvgIpc) is 3.53. The van der Waals surface area contributed by atoms with Gasteiger partial charge in [-0.05, 0) is 72.9 Å². The number of ether oxygens (including phenoxy) is 1. The van der Waals surface area contributed by atoms with Gasteiger partial charge < -0.3 is 29.6 Å². The summed E-state index contributed by atoms with van der Waals surface area (Å²) in [5.41, 5.74) is 1.40. The van der Waals surface area contributed by atoms with Crippen LogP contribution in [-0.4, -0.2) is 39.4 Å². The van der Waals surface area contributed by atoms with Gasteiger partial charge in [-0.25, -0.2) is 9.59 Å². The maximum Gasteiger partial charge on any atom is 0.335 e. The first-order valence-electron chi connectivity index (χ1n) is 11.3. The molecular formula is C27H20ClN3O6S. The normalized spacial score (nSPS) is 16.8. The van der Waals surface area contributed by atoms with Crippen LogP contribution < -0.4 is 15.0 Å². The molecule has 2 unspecified atom stereocenters. The Morgan fingerprint density at radius 2 is 1.79 bits per heavy atom. The molecule has 1 fully saturated rings. The van der Waals surface area contributed by atoms with Gasteiger partial charge in [-0.2, -0.15) is 0 Å². The van der Waals surface area contributed by atoms with E-state index in [1.54, 1.807) is 30.5 Å². The fourth-order valence-corrected chi connectivity index (χ4v) is 5.01. The quantitative estimate of drug-likeness (QED) is 0.252. The van der Waals surface area contributed by atoms with E-state index in [-0.39, 0.29) is 11.1 Å². The first-order valence-corrected chi connectivity index (χ1v) is 12.1. The maximum atomic E-state index is 11.6. The fourth-order valence-electron chi connectivity index (χ4n) is 4.41. The molecule has 0 amide bonds. The van der Waals surface area contributed by atoms with Crippen molar-refractivity contribution >= 4 is 46.6 Å². The standard InChI is InChI=1S/C27H20ClN3O6S/c1-36-21-6-5-17(13-18(21)28)31-24(23(30-27(31)38)19-4-2-3-9-29-19)22-8-7-20(37-22)14-10-15(25(32)33)12-16(11-14)26(34)35/h2-13,23-24H,1H3,(H,30,38)(H,32,33)(H,34,35). The van der Waals surface area contributed by atoms with Gasteiger partial charge in [-0.1, -0.05) is 17.7 Å². The van der Waals surface area contributed by atoms with E-state index < -0.39 is 24.0 Å². The number of furan rings is 1. The average molecular weight is 550 g/mol. The number of nitrogens with zero attached hydrogens (tertiary/aromatic N) is 2. The summed E-state index contributed by atoms with van der Waals surface area (Å²) in [4.78, 5) is 29.6. The Morgan fingerprint density at radius 3 is 2.39 bits per heavy atom. The first-order chi connectivity index (χ1) is 18.3. The van der Waals surface area contributed by atoms with Crippen LogP contribution in [0.3, 0.4) is 0 Å². The van der Waals surface area contributed by atoms with Crippen LogP contribution in [-0.2, 0) is 0 Å². The summed E-state index contributed by atoms with van der Waals surface area (Å²) in [5.74, 6) is -1.18. The second-order valence-electron chi connectivity index (χ2n) is 8.43. The molecule has 3 heterocycles. The molecule has 0 saturated carbocycles. The number of aromatic nitrogens is 1. The topological polar surface area (TPSA) is 125 Å². The number of carbonyl (C=O) groups is 2. The van der Waals surface area contributed by atoms with Crippen LogP contribution in [0.1, 0.15) is 44.3 Å². The Morgan fingerprint density at radius 1 is 1.05 bits per heavy atom. The van der Waals surface area contributed by atoms with Gasteiger partial charge in [-0.3, -0.25) is 4.98 Å². The van der Waals surface area contributed by atoms with Crippen LogP contribution in [0.4, 0.5) is 5.69 Å². The minimum absolute atomic E-state index is 0.164. The Labute approximate surface area is 227 Å². The lowest BCUT2D eigenvalue weighted by atomic mass is 10.0. The number of carboxylic acids is 2. The number of benzene rings is 2. The summed E-state index contributed by atoms with van der Waals surface area (Å²) >= 11 is 12.1. The highest BCUT2D eigenvalue weighted by molar-refractivity contribution is 7.80. The van der Waals surface area contributed by atoms with E-state index in [1.165, 1.54) is 19.2 Å². The van der Waals surface area contributed by atoms with Crippen LogP contribution >= 0.6 is 23.8 Å². The predicted octanol–water partition coefficient (Wildman–Crippen LogP) is 5.58. The van der Waals surface area contributed by atoms with E-state index >= 15 is 0 Å². The smallest absolute Gasteiger partial charge is 0.335 e. The molecule has 2 aromatic heterocycles. The van der Waals surface area contributed by atoms with Crippen molar-refractivity contribution in [2.45, 2.75) is 12.1 Å². The number of pyridine rings is 1. The number of thiocarbonyl (C=S) groups is 1. The largest absolute Gasteiger partial charge is 0.495 e. The summed E-state index contributed by atoms with van der Waals surface area (Å²) in [7, 11) is 1.53. The molecule has 4 aromatic rings. The zero-order valence-electron chi connectivity index (χ0n) is 19.8. The molecular weight excluding hydrogens is 530 g/mol. The molecule has 3 N–H and O–H groups in total. The summed E-state index contributed by atoms with van der Waals surface area (Å²) in [6.07, 6.45) is 1.68. The van der Waals surface area contributed by atoms with Gasteiger partial charge in [0, 0.05) is 17.4 Å². The molecule has 11 heteroatoms. The molecule has 192 valence electrons. The number of aromatic carboxylic acids is 2. The molecule has 0 spiro atoms. The van der Waals surface area contributed by atoms with Gasteiger partial charge in [0.2, 0.25) is 0 Å². The Kier molecular flexibility index (Phi) is 6.75. The monoisotopic (exact) mass is 549 g/mol. The molecule has 0 radical (unpaired) electrons. The molecule has 9 nitrogen and oxygen atoms in total. The van der Waals surface area contributed by atoms with Crippen LogP contribution in [0.25, 0.3) is 11.3 Å². The number of nitrogens with one attached hydrogen (secondary N) is 1. The van der Waals surface area contributed by atoms with E-state index in [9.17, 15) is 19.8 Å². The summed E-state index contributed by atoms with van der Waals surface area (Å²) in [6.45, 7) is 0. The van der Waals surface area contributed by atoms with Crippen molar-refractivity contribution in [1.29, 1.82) is 0 Å². The number of carboxylic acid groups (broad SMARTS) is 2. The third-order valence-electron chi connectivity index (χ3n) is 6.14. The highest BCUT2D eigenvalue weighted by Gasteiger charge is 2.42. The lowest BCUT2D eigenvalue weighted by Gasteiger charge is -2.26. The highest BCUT2D eigenvalue weighted by Crippen LogP contribution is 2.44. The second kappa shape index (κ2) is 10.2. The van der Waals surface area contributed by atoms with E-state index in [2.05, 4.69) is 10.3 Å². The van der Waals surface area contributed by atoms with Crippen LogP contribution in [0.2, 0.25) is 5.02 Å². The highest BCUT2D eigenvalue weighted by atomic mass is 35.5. The SMILES string of the molecule is COc1ccc(N2C(=S)NC(c3ccccn3)C2c2ccc(-c3cc(C(=O)O)cc(C(=O)O)c3)o2)cc1Cl. The number of methoxy groups -OCH3 is 1. The van der Waals surface area contributed by atoms with Crippen molar-refractivity contribution in [2.24, 2.45) is 0 Å². The summed E-state index contributed by atoms with van der Waals surface area (Å²) < 4.78 is 11.5. The lowest BCUT2D eigenvalue weighted by Crippen LogP contribution is -2.29. The van der Waals surface area contributed by atoms with Crippen LogP contribution in [0, 0.1) is 0 Å². The molecule has 1 saturated heterocycles. The number of hydrogen-bond acceptors (Lipinski definition) is 6. The van der Waals surface area contributed by atoms with Crippen LogP contribution in [0.15, 0.2) is 77.3 Å².